The molecule has 186 valence electrons. The molecule has 0 aromatic rings. The van der Waals surface area contributed by atoms with Crippen molar-refractivity contribution in [3.8, 4) is 0 Å². The van der Waals surface area contributed by atoms with Gasteiger partial charge in [0.05, 0.1) is 24.4 Å². The molecule has 3 rings (SSSR count). The topological polar surface area (TPSA) is 79.2 Å². The Balaban J connectivity index is 1.52. The average Bonchev–Trinajstić information content (AvgIpc) is 3.41. The van der Waals surface area contributed by atoms with Crippen LogP contribution in [0.5, 0.6) is 0 Å². The Bertz CT molecular complexity index is 753. The van der Waals surface area contributed by atoms with E-state index in [1.54, 1.807) is 0 Å². The third-order valence-electron chi connectivity index (χ3n) is 7.61. The molecule has 1 saturated heterocycles. The van der Waals surface area contributed by atoms with Gasteiger partial charge in [-0.05, 0) is 67.9 Å². The SMILES string of the molecule is CC[C@H]1O[C@@H](/C(C)=C/[C@H](C)/C=C/[C@H]2[C@@H](C)[C@@H]2/C=C/[C@@H]2O[C@H](CCO)C[C@H](O)[C@H]2O)CC=C1C. The zero-order valence-electron chi connectivity index (χ0n) is 20.9. The summed E-state index contributed by atoms with van der Waals surface area (Å²) in [4.78, 5) is 0. The van der Waals surface area contributed by atoms with Crippen LogP contribution in [0.15, 0.2) is 47.6 Å². The predicted octanol–water partition coefficient (Wildman–Crippen LogP) is 4.34. The van der Waals surface area contributed by atoms with Crippen molar-refractivity contribution in [2.75, 3.05) is 6.61 Å². The molecule has 10 atom stereocenters. The van der Waals surface area contributed by atoms with Gasteiger partial charge in [-0.25, -0.2) is 0 Å². The molecule has 0 radical (unpaired) electrons. The van der Waals surface area contributed by atoms with Crippen LogP contribution in [0.3, 0.4) is 0 Å². The molecule has 5 heteroatoms. The van der Waals surface area contributed by atoms with Crippen molar-refractivity contribution in [2.45, 2.75) is 96.9 Å². The van der Waals surface area contributed by atoms with Crippen LogP contribution in [-0.4, -0.2) is 58.6 Å². The van der Waals surface area contributed by atoms with Gasteiger partial charge in [0, 0.05) is 13.0 Å². The summed E-state index contributed by atoms with van der Waals surface area (Å²) in [5.41, 5.74) is 2.65. The zero-order chi connectivity index (χ0) is 24.1. The number of allylic oxidation sites excluding steroid dienone is 4. The molecular formula is C28H44O5. The summed E-state index contributed by atoms with van der Waals surface area (Å²) in [6.45, 7) is 11.0. The van der Waals surface area contributed by atoms with Crippen molar-refractivity contribution in [1.82, 2.24) is 0 Å². The lowest BCUT2D eigenvalue weighted by Gasteiger charge is -2.35. The molecule has 0 aromatic carbocycles. The van der Waals surface area contributed by atoms with Gasteiger partial charge in [-0.3, -0.25) is 0 Å². The van der Waals surface area contributed by atoms with E-state index in [1.165, 1.54) is 11.1 Å². The van der Waals surface area contributed by atoms with Crippen LogP contribution < -0.4 is 0 Å². The Labute approximate surface area is 199 Å². The van der Waals surface area contributed by atoms with Crippen LogP contribution in [0.1, 0.15) is 60.3 Å². The standard InChI is InChI=1S/C28H44O5/c1-6-25-18(3)8-11-26(33-25)19(4)15-17(2)7-9-22-20(5)23(22)10-12-27-28(31)24(30)16-21(32-27)13-14-29/h7-10,12,15,17,20-31H,6,11,13-14,16H2,1-5H3/b9-7+,12-10+,19-15+/t17-,20-,21-,22+,23+,24+,25-,26-,27+,28-/m1/s1. The van der Waals surface area contributed by atoms with Crippen LogP contribution >= 0.6 is 0 Å². The van der Waals surface area contributed by atoms with Crippen LogP contribution in [0.2, 0.25) is 0 Å². The molecule has 0 unspecified atom stereocenters. The van der Waals surface area contributed by atoms with Crippen molar-refractivity contribution in [1.29, 1.82) is 0 Å². The molecule has 0 spiro atoms. The van der Waals surface area contributed by atoms with Gasteiger partial charge in [-0.15, -0.1) is 0 Å². The maximum Gasteiger partial charge on any atom is 0.110 e. The van der Waals surface area contributed by atoms with E-state index in [-0.39, 0.29) is 24.9 Å². The highest BCUT2D eigenvalue weighted by Gasteiger charge is 2.43. The Morgan fingerprint density at radius 1 is 1.18 bits per heavy atom. The minimum Gasteiger partial charge on any atom is -0.396 e. The fraction of sp³-hybridized carbons (Fsp3) is 0.714. The summed E-state index contributed by atoms with van der Waals surface area (Å²) < 4.78 is 12.2. The predicted molar refractivity (Wildman–Crippen MR) is 132 cm³/mol. The molecule has 3 N–H and O–H groups in total. The Kier molecular flexibility index (Phi) is 9.54. The summed E-state index contributed by atoms with van der Waals surface area (Å²) in [6, 6.07) is 0. The van der Waals surface area contributed by atoms with Gasteiger partial charge < -0.3 is 24.8 Å². The Morgan fingerprint density at radius 2 is 1.91 bits per heavy atom. The molecule has 1 saturated carbocycles. The van der Waals surface area contributed by atoms with Crippen LogP contribution in [-0.2, 0) is 9.47 Å². The van der Waals surface area contributed by atoms with E-state index in [1.807, 2.05) is 6.08 Å². The normalized spacial score (nSPS) is 40.9. The van der Waals surface area contributed by atoms with E-state index < -0.39 is 18.3 Å². The number of aliphatic hydroxyl groups excluding tert-OH is 3. The summed E-state index contributed by atoms with van der Waals surface area (Å²) in [5.74, 6) is 1.80. The van der Waals surface area contributed by atoms with Gasteiger partial charge >= 0.3 is 0 Å². The van der Waals surface area contributed by atoms with E-state index in [0.717, 1.165) is 12.8 Å². The maximum atomic E-state index is 10.3. The van der Waals surface area contributed by atoms with Crippen molar-refractivity contribution in [3.05, 3.63) is 47.6 Å². The quantitative estimate of drug-likeness (QED) is 0.446. The molecule has 0 bridgehead atoms. The molecule has 5 nitrogen and oxygen atoms in total. The summed E-state index contributed by atoms with van der Waals surface area (Å²) in [6.07, 6.45) is 14.0. The van der Waals surface area contributed by atoms with Gasteiger partial charge in [0.15, 0.2) is 0 Å². The highest BCUT2D eigenvalue weighted by molar-refractivity contribution is 5.20. The van der Waals surface area contributed by atoms with Crippen molar-refractivity contribution in [2.24, 2.45) is 23.7 Å². The first kappa shape index (κ1) is 26.4. The van der Waals surface area contributed by atoms with Crippen molar-refractivity contribution >= 4 is 0 Å². The molecule has 0 aromatic heterocycles. The largest absolute Gasteiger partial charge is 0.396 e. The molecule has 1 aliphatic carbocycles. The second-order valence-electron chi connectivity index (χ2n) is 10.3. The van der Waals surface area contributed by atoms with E-state index in [0.29, 0.717) is 36.5 Å². The second-order valence-corrected chi connectivity index (χ2v) is 10.3. The Morgan fingerprint density at radius 3 is 2.61 bits per heavy atom. The molecule has 33 heavy (non-hydrogen) atoms. The summed E-state index contributed by atoms with van der Waals surface area (Å²) >= 11 is 0. The minimum atomic E-state index is -0.916. The number of ether oxygens (including phenoxy) is 2. The Hall–Kier alpha value is -1.24. The third kappa shape index (κ3) is 6.89. The van der Waals surface area contributed by atoms with Gasteiger partial charge in [0.25, 0.3) is 0 Å². The van der Waals surface area contributed by atoms with E-state index >= 15 is 0 Å². The molecule has 0 amide bonds. The minimum absolute atomic E-state index is 0.0188. The average molecular weight is 461 g/mol. The van der Waals surface area contributed by atoms with Gasteiger partial charge in [0.2, 0.25) is 0 Å². The highest BCUT2D eigenvalue weighted by Crippen LogP contribution is 2.48. The number of aliphatic hydroxyl groups is 3. The summed E-state index contributed by atoms with van der Waals surface area (Å²) in [5, 5.41) is 29.5. The first-order chi connectivity index (χ1) is 15.7. The van der Waals surface area contributed by atoms with Gasteiger partial charge in [-0.1, -0.05) is 57.2 Å². The smallest absolute Gasteiger partial charge is 0.110 e. The number of rotatable bonds is 9. The van der Waals surface area contributed by atoms with Gasteiger partial charge in [-0.2, -0.15) is 0 Å². The van der Waals surface area contributed by atoms with E-state index in [4.69, 9.17) is 14.6 Å². The van der Waals surface area contributed by atoms with Crippen molar-refractivity contribution < 1.29 is 24.8 Å². The first-order valence-corrected chi connectivity index (χ1v) is 12.7. The van der Waals surface area contributed by atoms with Gasteiger partial charge in [0.1, 0.15) is 12.2 Å². The van der Waals surface area contributed by atoms with Crippen LogP contribution in [0, 0.1) is 23.7 Å². The van der Waals surface area contributed by atoms with E-state index in [2.05, 4.69) is 65.0 Å². The molecule has 2 aliphatic heterocycles. The zero-order valence-corrected chi connectivity index (χ0v) is 20.9. The molecule has 3 aliphatic rings. The lowest BCUT2D eigenvalue weighted by molar-refractivity contribution is -0.154. The summed E-state index contributed by atoms with van der Waals surface area (Å²) in [7, 11) is 0. The lowest BCUT2D eigenvalue weighted by atomic mass is 9.96. The fourth-order valence-corrected chi connectivity index (χ4v) is 5.22. The monoisotopic (exact) mass is 460 g/mol. The van der Waals surface area contributed by atoms with Crippen molar-refractivity contribution in [3.63, 3.8) is 0 Å². The maximum absolute atomic E-state index is 10.3. The fourth-order valence-electron chi connectivity index (χ4n) is 5.22. The van der Waals surface area contributed by atoms with Crippen LogP contribution in [0.25, 0.3) is 0 Å². The molecule has 2 fully saturated rings. The molecule has 2 heterocycles. The third-order valence-corrected chi connectivity index (χ3v) is 7.61. The first-order valence-electron chi connectivity index (χ1n) is 12.7. The second kappa shape index (κ2) is 11.9. The molecular weight excluding hydrogens is 416 g/mol. The number of hydrogen-bond donors (Lipinski definition) is 3. The van der Waals surface area contributed by atoms with Crippen LogP contribution in [0.4, 0.5) is 0 Å². The highest BCUT2D eigenvalue weighted by atomic mass is 16.5. The lowest BCUT2D eigenvalue weighted by Crippen LogP contribution is -2.47. The number of hydrogen-bond acceptors (Lipinski definition) is 5. The van der Waals surface area contributed by atoms with E-state index in [9.17, 15) is 10.2 Å².